The van der Waals surface area contributed by atoms with Gasteiger partial charge in [0, 0.05) is 24.4 Å². The van der Waals surface area contributed by atoms with Crippen molar-refractivity contribution in [2.24, 2.45) is 0 Å². The van der Waals surface area contributed by atoms with Crippen LogP contribution in [0.2, 0.25) is 0 Å². The molecule has 2 aromatic rings. The van der Waals surface area contributed by atoms with Crippen LogP contribution in [0.15, 0.2) is 59.5 Å². The number of carbonyl (C=O) groups excluding carboxylic acids is 2. The number of benzene rings is 2. The molecule has 136 valence electrons. The van der Waals surface area contributed by atoms with Gasteiger partial charge < -0.3 is 10.2 Å². The highest BCUT2D eigenvalue weighted by molar-refractivity contribution is 7.98. The number of hydrogen-bond donors (Lipinski definition) is 1. The zero-order chi connectivity index (χ0) is 18.6. The van der Waals surface area contributed by atoms with Crippen LogP contribution in [0.1, 0.15) is 30.9 Å². The molecule has 1 fully saturated rings. The van der Waals surface area contributed by atoms with Crippen molar-refractivity contribution in [2.75, 3.05) is 6.26 Å². The van der Waals surface area contributed by atoms with Crippen LogP contribution in [-0.4, -0.2) is 28.5 Å². The number of likely N-dealkylation sites (tertiary alicyclic amines) is 1. The first kappa shape index (κ1) is 18.5. The topological polar surface area (TPSA) is 49.4 Å². The van der Waals surface area contributed by atoms with Crippen LogP contribution in [0.4, 0.5) is 0 Å². The SMILES string of the molecule is CSc1ccc(CN2C(=O)CCC2(C)C(=O)NCc2ccccc2)cc1. The molecular weight excluding hydrogens is 344 g/mol. The summed E-state index contributed by atoms with van der Waals surface area (Å²) < 4.78 is 0. The van der Waals surface area contributed by atoms with Crippen LogP contribution in [-0.2, 0) is 22.7 Å². The van der Waals surface area contributed by atoms with Crippen molar-refractivity contribution in [3.63, 3.8) is 0 Å². The van der Waals surface area contributed by atoms with E-state index in [2.05, 4.69) is 5.32 Å². The molecule has 2 aromatic carbocycles. The maximum absolute atomic E-state index is 12.9. The molecule has 1 atom stereocenters. The molecular formula is C21H24N2O2S. The van der Waals surface area contributed by atoms with Crippen molar-refractivity contribution >= 4 is 23.6 Å². The number of nitrogens with one attached hydrogen (secondary N) is 1. The molecule has 2 amide bonds. The predicted molar refractivity (Wildman–Crippen MR) is 105 cm³/mol. The molecule has 0 aromatic heterocycles. The van der Waals surface area contributed by atoms with E-state index >= 15 is 0 Å². The third-order valence-electron chi connectivity index (χ3n) is 5.01. The lowest BCUT2D eigenvalue weighted by Crippen LogP contribution is -2.53. The lowest BCUT2D eigenvalue weighted by atomic mass is 9.97. The summed E-state index contributed by atoms with van der Waals surface area (Å²) in [6, 6.07) is 18.0. The second kappa shape index (κ2) is 7.96. The largest absolute Gasteiger partial charge is 0.350 e. The van der Waals surface area contributed by atoms with E-state index in [1.54, 1.807) is 16.7 Å². The monoisotopic (exact) mass is 368 g/mol. The molecule has 0 aliphatic carbocycles. The van der Waals surface area contributed by atoms with Gasteiger partial charge in [0.15, 0.2) is 0 Å². The summed E-state index contributed by atoms with van der Waals surface area (Å²) in [5.41, 5.74) is 1.29. The molecule has 1 N–H and O–H groups in total. The third-order valence-corrected chi connectivity index (χ3v) is 5.75. The molecule has 1 heterocycles. The maximum atomic E-state index is 12.9. The Kier molecular flexibility index (Phi) is 5.67. The smallest absolute Gasteiger partial charge is 0.245 e. The average Bonchev–Trinajstić information content (AvgIpc) is 2.97. The summed E-state index contributed by atoms with van der Waals surface area (Å²) in [6.07, 6.45) is 3.00. The van der Waals surface area contributed by atoms with Crippen molar-refractivity contribution in [3.8, 4) is 0 Å². The minimum atomic E-state index is -0.802. The van der Waals surface area contributed by atoms with Gasteiger partial charge in [-0.1, -0.05) is 42.5 Å². The zero-order valence-electron chi connectivity index (χ0n) is 15.2. The van der Waals surface area contributed by atoms with Crippen molar-refractivity contribution in [1.82, 2.24) is 10.2 Å². The van der Waals surface area contributed by atoms with Crippen molar-refractivity contribution in [3.05, 3.63) is 65.7 Å². The highest BCUT2D eigenvalue weighted by Crippen LogP contribution is 2.32. The first-order chi connectivity index (χ1) is 12.5. The molecule has 0 spiro atoms. The normalized spacial score (nSPS) is 19.6. The lowest BCUT2D eigenvalue weighted by Gasteiger charge is -2.34. The van der Waals surface area contributed by atoms with Gasteiger partial charge in [0.1, 0.15) is 5.54 Å². The summed E-state index contributed by atoms with van der Waals surface area (Å²) in [6.45, 7) is 2.80. The Bertz CT molecular complexity index is 776. The Hall–Kier alpha value is -2.27. The molecule has 0 bridgehead atoms. The van der Waals surface area contributed by atoms with Crippen molar-refractivity contribution in [2.45, 2.75) is 43.3 Å². The van der Waals surface area contributed by atoms with E-state index in [1.165, 1.54) is 4.90 Å². The molecule has 4 nitrogen and oxygen atoms in total. The van der Waals surface area contributed by atoms with E-state index in [9.17, 15) is 9.59 Å². The van der Waals surface area contributed by atoms with E-state index in [1.807, 2.05) is 67.8 Å². The molecule has 1 unspecified atom stereocenters. The summed E-state index contributed by atoms with van der Waals surface area (Å²) in [5.74, 6) is -0.0516. The Labute approximate surface area is 159 Å². The molecule has 1 aliphatic heterocycles. The van der Waals surface area contributed by atoms with Crippen LogP contribution in [0, 0.1) is 0 Å². The molecule has 3 rings (SSSR count). The molecule has 0 saturated carbocycles. The van der Waals surface area contributed by atoms with Gasteiger partial charge in [-0.05, 0) is 42.9 Å². The Morgan fingerprint density at radius 2 is 1.81 bits per heavy atom. The number of carbonyl (C=O) groups is 2. The molecule has 0 radical (unpaired) electrons. The van der Waals surface area contributed by atoms with Gasteiger partial charge in [-0.3, -0.25) is 9.59 Å². The maximum Gasteiger partial charge on any atom is 0.245 e. The van der Waals surface area contributed by atoms with E-state index in [4.69, 9.17) is 0 Å². The second-order valence-corrected chi connectivity index (χ2v) is 7.65. The lowest BCUT2D eigenvalue weighted by molar-refractivity contribution is -0.141. The molecule has 5 heteroatoms. The van der Waals surface area contributed by atoms with Crippen molar-refractivity contribution < 1.29 is 9.59 Å². The van der Waals surface area contributed by atoms with E-state index in [0.717, 1.165) is 11.1 Å². The van der Waals surface area contributed by atoms with Crippen LogP contribution in [0.5, 0.6) is 0 Å². The molecule has 1 saturated heterocycles. The summed E-state index contributed by atoms with van der Waals surface area (Å²) in [5, 5.41) is 3.00. The van der Waals surface area contributed by atoms with Gasteiger partial charge in [0.05, 0.1) is 0 Å². The zero-order valence-corrected chi connectivity index (χ0v) is 16.0. The van der Waals surface area contributed by atoms with Gasteiger partial charge in [0.25, 0.3) is 0 Å². The third kappa shape index (κ3) is 3.93. The van der Waals surface area contributed by atoms with Gasteiger partial charge in [0.2, 0.25) is 11.8 Å². The summed E-state index contributed by atoms with van der Waals surface area (Å²) in [4.78, 5) is 28.2. The first-order valence-corrected chi connectivity index (χ1v) is 10.0. The molecule has 26 heavy (non-hydrogen) atoms. The highest BCUT2D eigenvalue weighted by atomic mass is 32.2. The van der Waals surface area contributed by atoms with Gasteiger partial charge in [-0.25, -0.2) is 0 Å². The number of thioether (sulfide) groups is 1. The number of rotatable bonds is 6. The number of nitrogens with zero attached hydrogens (tertiary/aromatic N) is 1. The minimum absolute atomic E-state index is 0.0382. The Morgan fingerprint density at radius 3 is 2.46 bits per heavy atom. The summed E-state index contributed by atoms with van der Waals surface area (Å²) in [7, 11) is 0. The fourth-order valence-corrected chi connectivity index (χ4v) is 3.68. The predicted octanol–water partition coefficient (Wildman–Crippen LogP) is 3.61. The Morgan fingerprint density at radius 1 is 1.12 bits per heavy atom. The molecule has 1 aliphatic rings. The average molecular weight is 369 g/mol. The van der Waals surface area contributed by atoms with Gasteiger partial charge in [-0.2, -0.15) is 0 Å². The fourth-order valence-electron chi connectivity index (χ4n) is 3.28. The van der Waals surface area contributed by atoms with Crippen LogP contribution in [0.3, 0.4) is 0 Å². The minimum Gasteiger partial charge on any atom is -0.350 e. The fraction of sp³-hybridized carbons (Fsp3) is 0.333. The quantitative estimate of drug-likeness (QED) is 0.793. The van der Waals surface area contributed by atoms with Crippen LogP contribution in [0.25, 0.3) is 0 Å². The van der Waals surface area contributed by atoms with Gasteiger partial charge in [-0.15, -0.1) is 11.8 Å². The van der Waals surface area contributed by atoms with E-state index in [-0.39, 0.29) is 11.8 Å². The van der Waals surface area contributed by atoms with E-state index < -0.39 is 5.54 Å². The first-order valence-electron chi connectivity index (χ1n) is 8.78. The van der Waals surface area contributed by atoms with Crippen LogP contribution >= 0.6 is 11.8 Å². The van der Waals surface area contributed by atoms with Crippen molar-refractivity contribution in [1.29, 1.82) is 0 Å². The second-order valence-electron chi connectivity index (χ2n) is 6.77. The summed E-state index contributed by atoms with van der Waals surface area (Å²) >= 11 is 1.69. The number of hydrogen-bond acceptors (Lipinski definition) is 3. The van der Waals surface area contributed by atoms with Gasteiger partial charge >= 0.3 is 0 Å². The van der Waals surface area contributed by atoms with Crippen LogP contribution < -0.4 is 5.32 Å². The van der Waals surface area contributed by atoms with E-state index in [0.29, 0.717) is 25.9 Å². The Balaban J connectivity index is 1.70. The standard InChI is InChI=1S/C21H24N2O2S/c1-21(20(25)22-14-16-6-4-3-5-7-16)13-12-19(24)23(21)15-17-8-10-18(26-2)11-9-17/h3-11H,12-15H2,1-2H3,(H,22,25). The highest BCUT2D eigenvalue weighted by Gasteiger charge is 2.46. The number of amides is 2.